The number of halogens is 3. The average Bonchev–Trinajstić information content (AvgIpc) is 2.52. The number of alkyl halides is 3. The number of carbonyl (C=O) groups is 1. The van der Waals surface area contributed by atoms with Gasteiger partial charge in [0.05, 0.1) is 5.56 Å². The number of nitrogens with zero attached hydrogens (tertiary/aromatic N) is 1. The number of carbonyl (C=O) groups excluding carboxylic acids is 1. The molecule has 126 valence electrons. The lowest BCUT2D eigenvalue weighted by Gasteiger charge is -2.15. The van der Waals surface area contributed by atoms with Crippen LogP contribution in [0.4, 0.5) is 13.2 Å². The molecule has 0 bridgehead atoms. The first kappa shape index (κ1) is 17.3. The van der Waals surface area contributed by atoms with Gasteiger partial charge in [0.15, 0.2) is 5.96 Å². The zero-order valence-corrected chi connectivity index (χ0v) is 12.4. The second kappa shape index (κ2) is 7.03. The maximum absolute atomic E-state index is 13.2. The minimum Gasteiger partial charge on any atom is -0.488 e. The first-order valence-corrected chi connectivity index (χ1v) is 6.79. The van der Waals surface area contributed by atoms with E-state index >= 15 is 0 Å². The van der Waals surface area contributed by atoms with Crippen LogP contribution in [0.1, 0.15) is 21.5 Å². The van der Waals surface area contributed by atoms with E-state index in [1.54, 1.807) is 30.3 Å². The fraction of sp³-hybridized carbons (Fsp3) is 0.125. The van der Waals surface area contributed by atoms with E-state index in [0.717, 1.165) is 6.07 Å². The molecule has 5 nitrogen and oxygen atoms in total. The number of hydrogen-bond donors (Lipinski definition) is 2. The van der Waals surface area contributed by atoms with Crippen LogP contribution in [0.3, 0.4) is 0 Å². The van der Waals surface area contributed by atoms with Gasteiger partial charge in [-0.25, -0.2) is 0 Å². The summed E-state index contributed by atoms with van der Waals surface area (Å²) in [5, 5.41) is 0. The summed E-state index contributed by atoms with van der Waals surface area (Å²) in [7, 11) is 0. The molecule has 4 N–H and O–H groups in total. The number of rotatable bonds is 4. The van der Waals surface area contributed by atoms with E-state index in [9.17, 15) is 18.0 Å². The Labute approximate surface area is 135 Å². The Hall–Kier alpha value is -3.03. The Morgan fingerprint density at radius 3 is 2.33 bits per heavy atom. The van der Waals surface area contributed by atoms with Crippen LogP contribution in [0.25, 0.3) is 0 Å². The van der Waals surface area contributed by atoms with Gasteiger partial charge in [-0.15, -0.1) is 0 Å². The quantitative estimate of drug-likeness (QED) is 0.663. The van der Waals surface area contributed by atoms with Crippen molar-refractivity contribution in [2.75, 3.05) is 0 Å². The third-order valence-corrected chi connectivity index (χ3v) is 3.00. The van der Waals surface area contributed by atoms with Gasteiger partial charge in [0.2, 0.25) is 0 Å². The summed E-state index contributed by atoms with van der Waals surface area (Å²) in [5.74, 6) is -1.87. The van der Waals surface area contributed by atoms with Crippen molar-refractivity contribution in [3.05, 3.63) is 65.2 Å². The summed E-state index contributed by atoms with van der Waals surface area (Å²) in [6, 6.07) is 11.6. The molecule has 0 saturated carbocycles. The lowest BCUT2D eigenvalue weighted by atomic mass is 10.1. The van der Waals surface area contributed by atoms with Crippen LogP contribution in [0.5, 0.6) is 5.75 Å². The summed E-state index contributed by atoms with van der Waals surface area (Å²) in [6.45, 7) is -0.0366. The van der Waals surface area contributed by atoms with Crippen molar-refractivity contribution in [3.63, 3.8) is 0 Å². The largest absolute Gasteiger partial charge is 0.488 e. The molecule has 0 spiro atoms. The summed E-state index contributed by atoms with van der Waals surface area (Å²) in [5.41, 5.74) is 9.46. The number of ether oxygens (including phenoxy) is 1. The SMILES string of the molecule is NC(N)=NC(=O)c1ccc(OCc2ccccc2)c(C(F)(F)F)c1. The van der Waals surface area contributed by atoms with Gasteiger partial charge >= 0.3 is 6.18 Å². The maximum atomic E-state index is 13.2. The molecular formula is C16H14F3N3O2. The van der Waals surface area contributed by atoms with Gasteiger partial charge in [-0.05, 0) is 23.8 Å². The summed E-state index contributed by atoms with van der Waals surface area (Å²) < 4.78 is 44.9. The second-order valence-corrected chi connectivity index (χ2v) is 4.82. The van der Waals surface area contributed by atoms with Crippen LogP contribution in [-0.4, -0.2) is 11.9 Å². The van der Waals surface area contributed by atoms with Crippen LogP contribution in [0.15, 0.2) is 53.5 Å². The van der Waals surface area contributed by atoms with E-state index in [2.05, 4.69) is 4.99 Å². The van der Waals surface area contributed by atoms with Crippen LogP contribution < -0.4 is 16.2 Å². The number of hydrogen-bond acceptors (Lipinski definition) is 2. The van der Waals surface area contributed by atoms with Gasteiger partial charge < -0.3 is 16.2 Å². The van der Waals surface area contributed by atoms with Gasteiger partial charge in [-0.3, -0.25) is 4.79 Å². The number of amides is 1. The lowest BCUT2D eigenvalue weighted by molar-refractivity contribution is -0.139. The first-order valence-electron chi connectivity index (χ1n) is 6.79. The van der Waals surface area contributed by atoms with Crippen LogP contribution in [0.2, 0.25) is 0 Å². The smallest absolute Gasteiger partial charge is 0.419 e. The lowest BCUT2D eigenvalue weighted by Crippen LogP contribution is -2.24. The molecule has 2 aromatic rings. The highest BCUT2D eigenvalue weighted by Gasteiger charge is 2.35. The molecular weight excluding hydrogens is 323 g/mol. The van der Waals surface area contributed by atoms with Crippen LogP contribution in [0, 0.1) is 0 Å². The first-order chi connectivity index (χ1) is 11.3. The van der Waals surface area contributed by atoms with Gasteiger partial charge in [0.1, 0.15) is 12.4 Å². The molecule has 0 atom stereocenters. The molecule has 0 heterocycles. The third-order valence-electron chi connectivity index (χ3n) is 3.00. The Morgan fingerprint density at radius 2 is 1.75 bits per heavy atom. The standard InChI is InChI=1S/C16H14F3N3O2/c17-16(18,19)12-8-11(14(23)22-15(20)21)6-7-13(12)24-9-10-4-2-1-3-5-10/h1-8H,9H2,(H4,20,21,22,23). The highest BCUT2D eigenvalue weighted by atomic mass is 19.4. The molecule has 0 aliphatic heterocycles. The van der Waals surface area contributed by atoms with E-state index in [4.69, 9.17) is 16.2 Å². The zero-order chi connectivity index (χ0) is 17.7. The molecule has 0 aliphatic carbocycles. The van der Waals surface area contributed by atoms with Gasteiger partial charge in [-0.1, -0.05) is 30.3 Å². The van der Waals surface area contributed by atoms with Crippen LogP contribution in [-0.2, 0) is 12.8 Å². The predicted octanol–water partition coefficient (Wildman–Crippen LogP) is 2.70. The van der Waals surface area contributed by atoms with Gasteiger partial charge in [0, 0.05) is 5.56 Å². The Balaban J connectivity index is 2.31. The van der Waals surface area contributed by atoms with E-state index in [1.807, 2.05) is 0 Å². The van der Waals surface area contributed by atoms with E-state index in [0.29, 0.717) is 11.6 Å². The molecule has 24 heavy (non-hydrogen) atoms. The van der Waals surface area contributed by atoms with Crippen molar-refractivity contribution in [2.45, 2.75) is 12.8 Å². The van der Waals surface area contributed by atoms with Crippen molar-refractivity contribution < 1.29 is 22.7 Å². The summed E-state index contributed by atoms with van der Waals surface area (Å²) >= 11 is 0. The Kier molecular flexibility index (Phi) is 5.08. The second-order valence-electron chi connectivity index (χ2n) is 4.82. The van der Waals surface area contributed by atoms with Crippen LogP contribution >= 0.6 is 0 Å². The number of nitrogens with two attached hydrogens (primary N) is 2. The van der Waals surface area contributed by atoms with Gasteiger partial charge in [-0.2, -0.15) is 18.2 Å². The number of guanidine groups is 1. The highest BCUT2D eigenvalue weighted by Crippen LogP contribution is 2.37. The van der Waals surface area contributed by atoms with E-state index in [-0.39, 0.29) is 17.9 Å². The van der Waals surface area contributed by atoms with Crippen molar-refractivity contribution in [3.8, 4) is 5.75 Å². The molecule has 2 rings (SSSR count). The normalized spacial score (nSPS) is 11.0. The molecule has 0 aliphatic rings. The molecule has 0 fully saturated rings. The molecule has 0 aromatic heterocycles. The molecule has 1 amide bonds. The average molecular weight is 337 g/mol. The topological polar surface area (TPSA) is 90.7 Å². The number of aliphatic imine (C=N–C) groups is 1. The molecule has 8 heteroatoms. The minimum atomic E-state index is -4.69. The van der Waals surface area contributed by atoms with E-state index < -0.39 is 23.6 Å². The fourth-order valence-electron chi connectivity index (χ4n) is 1.93. The minimum absolute atomic E-state index is 0.0366. The third kappa shape index (κ3) is 4.48. The monoisotopic (exact) mass is 337 g/mol. The van der Waals surface area contributed by atoms with Gasteiger partial charge in [0.25, 0.3) is 5.91 Å². The van der Waals surface area contributed by atoms with E-state index in [1.165, 1.54) is 6.07 Å². The molecule has 0 saturated heterocycles. The molecule has 2 aromatic carbocycles. The van der Waals surface area contributed by atoms with Crippen molar-refractivity contribution in [1.29, 1.82) is 0 Å². The maximum Gasteiger partial charge on any atom is 0.419 e. The van der Waals surface area contributed by atoms with Crippen molar-refractivity contribution >= 4 is 11.9 Å². The predicted molar refractivity (Wildman–Crippen MR) is 82.4 cm³/mol. The highest BCUT2D eigenvalue weighted by molar-refractivity contribution is 6.02. The fourth-order valence-corrected chi connectivity index (χ4v) is 1.93. The van der Waals surface area contributed by atoms with Crippen molar-refractivity contribution in [1.82, 2.24) is 0 Å². The Bertz CT molecular complexity index is 755. The Morgan fingerprint density at radius 1 is 1.08 bits per heavy atom. The van der Waals surface area contributed by atoms with Crippen molar-refractivity contribution in [2.24, 2.45) is 16.5 Å². The molecule has 0 radical (unpaired) electrons. The number of benzene rings is 2. The summed E-state index contributed by atoms with van der Waals surface area (Å²) in [4.78, 5) is 14.9. The molecule has 0 unspecified atom stereocenters. The summed E-state index contributed by atoms with van der Waals surface area (Å²) in [6.07, 6.45) is -4.69. The zero-order valence-electron chi connectivity index (χ0n) is 12.4.